The highest BCUT2D eigenvalue weighted by Crippen LogP contribution is 2.34. The molecule has 0 saturated carbocycles. The summed E-state index contributed by atoms with van der Waals surface area (Å²) in [4.78, 5) is 19.0. The monoisotopic (exact) mass is 430 g/mol. The van der Waals surface area contributed by atoms with Crippen LogP contribution in [0.3, 0.4) is 0 Å². The maximum Gasteiger partial charge on any atom is 0.417 e. The van der Waals surface area contributed by atoms with Crippen molar-refractivity contribution in [1.29, 1.82) is 0 Å². The minimum absolute atomic E-state index is 0.0506. The molecule has 1 aliphatic rings. The number of alkyl halides is 3. The lowest BCUT2D eigenvalue weighted by atomic mass is 10.0. The standard InChI is InChI=1S/C22H21F3N4O2/c1-14-18(13-27-29(14)20-10-7-16(12-26-20)22(23,24)25)21(30)28-11-3-4-19(28)15-5-8-17(31-2)9-6-15/h5-10,12-13,19H,3-4,11H2,1-2H3/t19-/m1/s1. The normalized spacial score (nSPS) is 16.5. The number of methoxy groups -OCH3 is 1. The van der Waals surface area contributed by atoms with Gasteiger partial charge in [0.2, 0.25) is 0 Å². The summed E-state index contributed by atoms with van der Waals surface area (Å²) < 4.78 is 44.9. The van der Waals surface area contributed by atoms with Gasteiger partial charge in [-0.2, -0.15) is 18.3 Å². The van der Waals surface area contributed by atoms with Crippen molar-refractivity contribution in [2.75, 3.05) is 13.7 Å². The Bertz CT molecular complexity index is 1080. The van der Waals surface area contributed by atoms with E-state index in [4.69, 9.17) is 4.74 Å². The summed E-state index contributed by atoms with van der Waals surface area (Å²) in [5.41, 5.74) is 1.12. The van der Waals surface area contributed by atoms with Crippen LogP contribution in [0.2, 0.25) is 0 Å². The van der Waals surface area contributed by atoms with Crippen LogP contribution in [0, 0.1) is 6.92 Å². The highest BCUT2D eigenvalue weighted by atomic mass is 19.4. The molecular formula is C22H21F3N4O2. The second-order valence-electron chi connectivity index (χ2n) is 7.39. The average Bonchev–Trinajstić information content (AvgIpc) is 3.40. The lowest BCUT2D eigenvalue weighted by molar-refractivity contribution is -0.137. The van der Waals surface area contributed by atoms with Crippen molar-refractivity contribution >= 4 is 5.91 Å². The molecule has 0 radical (unpaired) electrons. The number of pyridine rings is 1. The van der Waals surface area contributed by atoms with Gasteiger partial charge < -0.3 is 9.64 Å². The van der Waals surface area contributed by atoms with Gasteiger partial charge >= 0.3 is 6.18 Å². The number of halogens is 3. The molecule has 31 heavy (non-hydrogen) atoms. The van der Waals surface area contributed by atoms with Gasteiger partial charge in [-0.3, -0.25) is 4.79 Å². The van der Waals surface area contributed by atoms with E-state index in [0.717, 1.165) is 36.4 Å². The van der Waals surface area contributed by atoms with E-state index in [9.17, 15) is 18.0 Å². The molecule has 0 bridgehead atoms. The molecule has 1 fully saturated rings. The molecule has 6 nitrogen and oxygen atoms in total. The van der Waals surface area contributed by atoms with Crippen LogP contribution in [0.4, 0.5) is 13.2 Å². The molecule has 1 amide bonds. The lowest BCUT2D eigenvalue weighted by Crippen LogP contribution is -2.30. The predicted octanol–water partition coefficient (Wildman–Crippen LogP) is 4.58. The second-order valence-corrected chi connectivity index (χ2v) is 7.39. The van der Waals surface area contributed by atoms with Gasteiger partial charge in [-0.1, -0.05) is 12.1 Å². The number of carbonyl (C=O) groups is 1. The molecule has 3 aromatic rings. The zero-order chi connectivity index (χ0) is 22.2. The number of rotatable bonds is 4. The Morgan fingerprint density at radius 3 is 2.48 bits per heavy atom. The minimum Gasteiger partial charge on any atom is -0.497 e. The first-order valence-corrected chi connectivity index (χ1v) is 9.83. The molecule has 0 aliphatic carbocycles. The Balaban J connectivity index is 1.58. The zero-order valence-corrected chi connectivity index (χ0v) is 17.1. The smallest absolute Gasteiger partial charge is 0.417 e. The first kappa shape index (κ1) is 20.9. The number of nitrogens with zero attached hydrogens (tertiary/aromatic N) is 4. The largest absolute Gasteiger partial charge is 0.497 e. The van der Waals surface area contributed by atoms with E-state index >= 15 is 0 Å². The number of ether oxygens (including phenoxy) is 1. The molecule has 9 heteroatoms. The van der Waals surface area contributed by atoms with Crippen molar-refractivity contribution < 1.29 is 22.7 Å². The SMILES string of the molecule is COc1ccc([C@H]2CCCN2C(=O)c2cnn(-c3ccc(C(F)(F)F)cn3)c2C)cc1. The summed E-state index contributed by atoms with van der Waals surface area (Å²) in [5.74, 6) is 0.812. The van der Waals surface area contributed by atoms with E-state index in [1.807, 2.05) is 29.2 Å². The number of carbonyl (C=O) groups excluding carboxylic acids is 1. The van der Waals surface area contributed by atoms with Gasteiger partial charge in [-0.15, -0.1) is 0 Å². The van der Waals surface area contributed by atoms with E-state index in [0.29, 0.717) is 17.8 Å². The Labute approximate surface area is 177 Å². The van der Waals surface area contributed by atoms with E-state index < -0.39 is 11.7 Å². The van der Waals surface area contributed by atoms with Crippen molar-refractivity contribution in [3.05, 3.63) is 71.2 Å². The molecule has 0 N–H and O–H groups in total. The highest BCUT2D eigenvalue weighted by molar-refractivity contribution is 5.95. The van der Waals surface area contributed by atoms with Crippen molar-refractivity contribution in [1.82, 2.24) is 19.7 Å². The van der Waals surface area contributed by atoms with Gasteiger partial charge in [0.25, 0.3) is 5.91 Å². The fourth-order valence-electron chi connectivity index (χ4n) is 3.87. The van der Waals surface area contributed by atoms with Crippen LogP contribution >= 0.6 is 0 Å². The van der Waals surface area contributed by atoms with E-state index in [1.165, 1.54) is 16.9 Å². The van der Waals surface area contributed by atoms with Gasteiger partial charge in [0.05, 0.1) is 36.2 Å². The van der Waals surface area contributed by atoms with Gasteiger partial charge in [0, 0.05) is 12.7 Å². The Kier molecular flexibility index (Phi) is 5.43. The molecule has 1 atom stereocenters. The van der Waals surface area contributed by atoms with Gasteiger partial charge in [0.1, 0.15) is 5.75 Å². The third-order valence-electron chi connectivity index (χ3n) is 5.55. The van der Waals surface area contributed by atoms with Gasteiger partial charge in [0.15, 0.2) is 5.82 Å². The van der Waals surface area contributed by atoms with Crippen LogP contribution in [-0.2, 0) is 6.18 Å². The van der Waals surface area contributed by atoms with Crippen LogP contribution in [0.5, 0.6) is 5.75 Å². The quantitative estimate of drug-likeness (QED) is 0.608. The van der Waals surface area contributed by atoms with E-state index in [2.05, 4.69) is 10.1 Å². The van der Waals surface area contributed by atoms with Gasteiger partial charge in [-0.25, -0.2) is 9.67 Å². The zero-order valence-electron chi connectivity index (χ0n) is 17.1. The Morgan fingerprint density at radius 1 is 1.13 bits per heavy atom. The van der Waals surface area contributed by atoms with Crippen molar-refractivity contribution in [2.24, 2.45) is 0 Å². The Morgan fingerprint density at radius 2 is 1.87 bits per heavy atom. The number of hydrogen-bond donors (Lipinski definition) is 0. The second kappa shape index (κ2) is 8.05. The summed E-state index contributed by atoms with van der Waals surface area (Å²) >= 11 is 0. The summed E-state index contributed by atoms with van der Waals surface area (Å²) in [5, 5.41) is 4.20. The number of likely N-dealkylation sites (tertiary alicyclic amines) is 1. The molecule has 2 aromatic heterocycles. The first-order valence-electron chi connectivity index (χ1n) is 9.83. The molecule has 0 spiro atoms. The molecule has 3 heterocycles. The van der Waals surface area contributed by atoms with Crippen LogP contribution in [0.1, 0.15) is 46.1 Å². The fourth-order valence-corrected chi connectivity index (χ4v) is 3.87. The van der Waals surface area contributed by atoms with Crippen LogP contribution in [0.25, 0.3) is 5.82 Å². The highest BCUT2D eigenvalue weighted by Gasteiger charge is 2.33. The number of amides is 1. The van der Waals surface area contributed by atoms with E-state index in [1.54, 1.807) is 14.0 Å². The summed E-state index contributed by atoms with van der Waals surface area (Å²) in [7, 11) is 1.60. The van der Waals surface area contributed by atoms with Crippen molar-refractivity contribution in [3.8, 4) is 11.6 Å². The molecule has 1 saturated heterocycles. The van der Waals surface area contributed by atoms with Gasteiger partial charge in [-0.05, 0) is 49.6 Å². The topological polar surface area (TPSA) is 60.2 Å². The predicted molar refractivity (Wildman–Crippen MR) is 107 cm³/mol. The summed E-state index contributed by atoms with van der Waals surface area (Å²) in [6, 6.07) is 9.80. The lowest BCUT2D eigenvalue weighted by Gasteiger charge is -2.25. The molecular weight excluding hydrogens is 409 g/mol. The summed E-state index contributed by atoms with van der Waals surface area (Å²) in [6.45, 7) is 2.33. The maximum atomic E-state index is 13.3. The minimum atomic E-state index is -4.46. The maximum absolute atomic E-state index is 13.3. The van der Waals surface area contributed by atoms with Crippen molar-refractivity contribution in [2.45, 2.75) is 32.0 Å². The molecule has 1 aromatic carbocycles. The third-order valence-corrected chi connectivity index (χ3v) is 5.55. The third kappa shape index (κ3) is 3.99. The molecule has 0 unspecified atom stereocenters. The number of benzene rings is 1. The van der Waals surface area contributed by atoms with Crippen molar-refractivity contribution in [3.63, 3.8) is 0 Å². The molecule has 4 rings (SSSR count). The first-order chi connectivity index (χ1) is 14.8. The summed E-state index contributed by atoms with van der Waals surface area (Å²) in [6.07, 6.45) is -0.515. The average molecular weight is 430 g/mol. The number of hydrogen-bond acceptors (Lipinski definition) is 4. The fraction of sp³-hybridized carbons (Fsp3) is 0.318. The number of aromatic nitrogens is 3. The van der Waals surface area contributed by atoms with E-state index in [-0.39, 0.29) is 17.8 Å². The molecule has 1 aliphatic heterocycles. The van der Waals surface area contributed by atoms with Crippen LogP contribution < -0.4 is 4.74 Å². The molecule has 162 valence electrons. The Hall–Kier alpha value is -3.36. The van der Waals surface area contributed by atoms with Crippen LogP contribution in [0.15, 0.2) is 48.8 Å². The van der Waals surface area contributed by atoms with Crippen LogP contribution in [-0.4, -0.2) is 39.2 Å².